The van der Waals surface area contributed by atoms with E-state index in [1.165, 1.54) is 12.1 Å². The molecule has 0 saturated heterocycles. The first-order valence-corrected chi connectivity index (χ1v) is 9.63. The number of carbonyl (C=O) groups is 1. The van der Waals surface area contributed by atoms with E-state index in [-0.39, 0.29) is 11.7 Å². The Kier molecular flexibility index (Phi) is 7.70. The largest absolute Gasteiger partial charge is 0.484 e. The molecule has 2 rings (SSSR count). The number of hydrogen-bond acceptors (Lipinski definition) is 3. The monoisotopic (exact) mass is 411 g/mol. The van der Waals surface area contributed by atoms with Crippen LogP contribution < -0.4 is 10.1 Å². The summed E-state index contributed by atoms with van der Waals surface area (Å²) in [6.07, 6.45) is -3.40. The second kappa shape index (κ2) is 9.80. The molecule has 1 aromatic heterocycles. The van der Waals surface area contributed by atoms with Gasteiger partial charge in [0.2, 0.25) is 5.91 Å². The van der Waals surface area contributed by atoms with E-state index in [0.29, 0.717) is 25.3 Å². The van der Waals surface area contributed by atoms with Gasteiger partial charge in [0.15, 0.2) is 6.61 Å². The number of aryl methyl sites for hydroxylation is 1. The summed E-state index contributed by atoms with van der Waals surface area (Å²) in [5.74, 6) is 0.550. The Hall–Kier alpha value is -2.51. The maximum Gasteiger partial charge on any atom is 0.422 e. The molecular formula is C21H28F3N3O2. The minimum Gasteiger partial charge on any atom is -0.484 e. The SMILES string of the molecule is Cc1nn(CC(C)C)c(C)c1CCC(=O)NCc1ccc(OCC(F)(F)F)cc1. The summed E-state index contributed by atoms with van der Waals surface area (Å²) >= 11 is 0. The quantitative estimate of drug-likeness (QED) is 0.668. The molecule has 8 heteroatoms. The Bertz CT molecular complexity index is 812. The summed E-state index contributed by atoms with van der Waals surface area (Å²) < 4.78 is 43.1. The van der Waals surface area contributed by atoms with Crippen LogP contribution in [0.25, 0.3) is 0 Å². The zero-order chi connectivity index (χ0) is 21.6. The van der Waals surface area contributed by atoms with Crippen LogP contribution in [0, 0.1) is 19.8 Å². The lowest BCUT2D eigenvalue weighted by molar-refractivity contribution is -0.153. The van der Waals surface area contributed by atoms with Crippen molar-refractivity contribution in [3.8, 4) is 5.75 Å². The Morgan fingerprint density at radius 1 is 1.21 bits per heavy atom. The van der Waals surface area contributed by atoms with Crippen LogP contribution in [-0.4, -0.2) is 28.5 Å². The van der Waals surface area contributed by atoms with Gasteiger partial charge in [0, 0.05) is 25.2 Å². The predicted molar refractivity (Wildman–Crippen MR) is 105 cm³/mol. The summed E-state index contributed by atoms with van der Waals surface area (Å²) in [5.41, 5.74) is 3.94. The average molecular weight is 411 g/mol. The fourth-order valence-corrected chi connectivity index (χ4v) is 3.02. The van der Waals surface area contributed by atoms with E-state index >= 15 is 0 Å². The predicted octanol–water partition coefficient (Wildman–Crippen LogP) is 4.35. The molecule has 0 saturated carbocycles. The van der Waals surface area contributed by atoms with Crippen LogP contribution >= 0.6 is 0 Å². The van der Waals surface area contributed by atoms with E-state index in [1.807, 2.05) is 18.5 Å². The summed E-state index contributed by atoms with van der Waals surface area (Å²) in [7, 11) is 0. The Labute approximate surface area is 169 Å². The summed E-state index contributed by atoms with van der Waals surface area (Å²) in [5, 5.41) is 7.40. The van der Waals surface area contributed by atoms with E-state index in [1.54, 1.807) is 12.1 Å². The van der Waals surface area contributed by atoms with Crippen molar-refractivity contribution in [2.75, 3.05) is 6.61 Å². The highest BCUT2D eigenvalue weighted by molar-refractivity contribution is 5.76. The Morgan fingerprint density at radius 3 is 2.45 bits per heavy atom. The van der Waals surface area contributed by atoms with Crippen LogP contribution in [0.2, 0.25) is 0 Å². The van der Waals surface area contributed by atoms with Crippen LogP contribution in [0.15, 0.2) is 24.3 Å². The molecule has 160 valence electrons. The second-order valence-corrected chi connectivity index (χ2v) is 7.55. The van der Waals surface area contributed by atoms with Gasteiger partial charge >= 0.3 is 6.18 Å². The lowest BCUT2D eigenvalue weighted by Gasteiger charge is -2.10. The number of nitrogens with zero attached hydrogens (tertiary/aromatic N) is 2. The molecule has 1 heterocycles. The molecule has 0 unspecified atom stereocenters. The van der Waals surface area contributed by atoms with Crippen molar-refractivity contribution in [2.24, 2.45) is 5.92 Å². The van der Waals surface area contributed by atoms with E-state index in [9.17, 15) is 18.0 Å². The van der Waals surface area contributed by atoms with Crippen molar-refractivity contribution in [1.82, 2.24) is 15.1 Å². The third kappa shape index (κ3) is 7.44. The van der Waals surface area contributed by atoms with Gasteiger partial charge in [0.1, 0.15) is 5.75 Å². The molecule has 1 aromatic carbocycles. The van der Waals surface area contributed by atoms with Gasteiger partial charge in [-0.1, -0.05) is 26.0 Å². The molecule has 0 aliphatic carbocycles. The van der Waals surface area contributed by atoms with Crippen LogP contribution in [0.3, 0.4) is 0 Å². The van der Waals surface area contributed by atoms with Gasteiger partial charge in [-0.3, -0.25) is 9.48 Å². The van der Waals surface area contributed by atoms with Crippen LogP contribution in [0.4, 0.5) is 13.2 Å². The number of halogens is 3. The number of ether oxygens (including phenoxy) is 1. The maximum absolute atomic E-state index is 12.2. The molecule has 0 spiro atoms. The van der Waals surface area contributed by atoms with E-state index in [2.05, 4.69) is 29.0 Å². The summed E-state index contributed by atoms with van der Waals surface area (Å²) in [6, 6.07) is 6.19. The van der Waals surface area contributed by atoms with Crippen LogP contribution in [0.1, 0.15) is 42.8 Å². The molecule has 0 atom stereocenters. The highest BCUT2D eigenvalue weighted by Gasteiger charge is 2.28. The number of alkyl halides is 3. The molecular weight excluding hydrogens is 383 g/mol. The molecule has 29 heavy (non-hydrogen) atoms. The highest BCUT2D eigenvalue weighted by atomic mass is 19.4. The first-order valence-electron chi connectivity index (χ1n) is 9.63. The number of carbonyl (C=O) groups excluding carboxylic acids is 1. The third-order valence-corrected chi connectivity index (χ3v) is 4.49. The van der Waals surface area contributed by atoms with Gasteiger partial charge in [0.25, 0.3) is 0 Å². The normalized spacial score (nSPS) is 11.7. The van der Waals surface area contributed by atoms with Crippen molar-refractivity contribution in [3.63, 3.8) is 0 Å². The lowest BCUT2D eigenvalue weighted by Crippen LogP contribution is -2.23. The molecule has 1 N–H and O–H groups in total. The zero-order valence-electron chi connectivity index (χ0n) is 17.3. The molecule has 0 radical (unpaired) electrons. The third-order valence-electron chi connectivity index (χ3n) is 4.49. The second-order valence-electron chi connectivity index (χ2n) is 7.55. The maximum atomic E-state index is 12.2. The van der Waals surface area contributed by atoms with Crippen molar-refractivity contribution < 1.29 is 22.7 Å². The average Bonchev–Trinajstić information content (AvgIpc) is 2.89. The van der Waals surface area contributed by atoms with Gasteiger partial charge in [-0.05, 0) is 49.4 Å². The molecule has 0 aliphatic heterocycles. The van der Waals surface area contributed by atoms with Crippen molar-refractivity contribution in [1.29, 1.82) is 0 Å². The Morgan fingerprint density at radius 2 is 1.86 bits per heavy atom. The van der Waals surface area contributed by atoms with Crippen molar-refractivity contribution in [3.05, 3.63) is 46.8 Å². The van der Waals surface area contributed by atoms with E-state index in [0.717, 1.165) is 29.1 Å². The van der Waals surface area contributed by atoms with E-state index in [4.69, 9.17) is 0 Å². The first kappa shape index (κ1) is 22.8. The molecule has 5 nitrogen and oxygen atoms in total. The number of hydrogen-bond donors (Lipinski definition) is 1. The molecule has 1 amide bonds. The standard InChI is InChI=1S/C21H28F3N3O2/c1-14(2)12-27-16(4)19(15(3)26-27)9-10-20(28)25-11-17-5-7-18(8-6-17)29-13-21(22,23)24/h5-8,14H,9-13H2,1-4H3,(H,25,28). The first-order chi connectivity index (χ1) is 13.5. The van der Waals surface area contributed by atoms with Crippen molar-refractivity contribution in [2.45, 2.75) is 59.8 Å². The van der Waals surface area contributed by atoms with Crippen LogP contribution in [0.5, 0.6) is 5.75 Å². The van der Waals surface area contributed by atoms with Gasteiger partial charge in [-0.25, -0.2) is 0 Å². The van der Waals surface area contributed by atoms with Gasteiger partial charge < -0.3 is 10.1 Å². The molecule has 2 aromatic rings. The van der Waals surface area contributed by atoms with Gasteiger partial charge in [0.05, 0.1) is 5.69 Å². The number of aromatic nitrogens is 2. The number of amides is 1. The Balaban J connectivity index is 1.81. The fraction of sp³-hybridized carbons (Fsp3) is 0.524. The molecule has 0 aliphatic rings. The summed E-state index contributed by atoms with van der Waals surface area (Å²) in [6.45, 7) is 8.09. The minimum atomic E-state index is -4.37. The highest BCUT2D eigenvalue weighted by Crippen LogP contribution is 2.19. The fourth-order valence-electron chi connectivity index (χ4n) is 3.02. The van der Waals surface area contributed by atoms with Gasteiger partial charge in [-0.15, -0.1) is 0 Å². The number of nitrogens with one attached hydrogen (secondary N) is 1. The minimum absolute atomic E-state index is 0.0854. The van der Waals surface area contributed by atoms with Crippen LogP contribution in [-0.2, 0) is 24.3 Å². The van der Waals surface area contributed by atoms with E-state index < -0.39 is 12.8 Å². The number of benzene rings is 1. The topological polar surface area (TPSA) is 56.2 Å². The molecule has 0 fully saturated rings. The lowest BCUT2D eigenvalue weighted by atomic mass is 10.1. The number of rotatable bonds is 9. The van der Waals surface area contributed by atoms with Gasteiger partial charge in [-0.2, -0.15) is 18.3 Å². The summed E-state index contributed by atoms with van der Waals surface area (Å²) in [4.78, 5) is 12.2. The molecule has 0 bridgehead atoms. The smallest absolute Gasteiger partial charge is 0.422 e. The van der Waals surface area contributed by atoms with Crippen molar-refractivity contribution >= 4 is 5.91 Å². The zero-order valence-corrected chi connectivity index (χ0v) is 17.3.